The molecule has 0 saturated carbocycles. The first kappa shape index (κ1) is 19.9. The zero-order valence-electron chi connectivity index (χ0n) is 16.4. The number of halogens is 2. The first-order valence-corrected chi connectivity index (χ1v) is 10.6. The van der Waals surface area contributed by atoms with Crippen molar-refractivity contribution in [1.82, 2.24) is 14.7 Å². The molecular weight excluding hydrogens is 435 g/mol. The van der Waals surface area contributed by atoms with E-state index in [0.29, 0.717) is 12.3 Å². The van der Waals surface area contributed by atoms with Gasteiger partial charge in [-0.1, -0.05) is 6.07 Å². The van der Waals surface area contributed by atoms with Crippen molar-refractivity contribution in [2.75, 3.05) is 31.6 Å². The molecule has 152 valence electrons. The number of aryl methyl sites for hydroxylation is 1. The third kappa shape index (κ3) is 4.79. The van der Waals surface area contributed by atoms with Crippen LogP contribution in [0.4, 0.5) is 15.8 Å². The van der Waals surface area contributed by atoms with Gasteiger partial charge >= 0.3 is 0 Å². The molecule has 0 amide bonds. The maximum Gasteiger partial charge on any atom is 0.128 e. The van der Waals surface area contributed by atoms with Crippen LogP contribution < -0.4 is 10.1 Å². The molecule has 0 spiro atoms. The van der Waals surface area contributed by atoms with Crippen LogP contribution in [0.5, 0.6) is 5.75 Å². The Hall–Kier alpha value is -2.38. The molecule has 1 saturated heterocycles. The molecule has 7 heteroatoms. The van der Waals surface area contributed by atoms with E-state index in [2.05, 4.69) is 31.2 Å². The maximum atomic E-state index is 13.5. The van der Waals surface area contributed by atoms with Gasteiger partial charge in [0, 0.05) is 30.5 Å². The fourth-order valence-electron chi connectivity index (χ4n) is 3.66. The van der Waals surface area contributed by atoms with E-state index in [1.807, 2.05) is 36.0 Å². The van der Waals surface area contributed by atoms with Crippen molar-refractivity contribution in [2.24, 2.45) is 7.05 Å². The number of anilines is 2. The lowest BCUT2D eigenvalue weighted by Crippen LogP contribution is -2.25. The Bertz CT molecular complexity index is 965. The predicted octanol–water partition coefficient (Wildman–Crippen LogP) is 5.21. The molecule has 1 aliphatic heterocycles. The molecule has 0 atom stereocenters. The van der Waals surface area contributed by atoms with E-state index in [4.69, 9.17) is 4.74 Å². The van der Waals surface area contributed by atoms with Crippen molar-refractivity contribution in [3.05, 3.63) is 59.0 Å². The number of nitrogens with one attached hydrogen (secondary N) is 1. The zero-order valence-corrected chi connectivity index (χ0v) is 18.0. The Morgan fingerprint density at radius 3 is 2.66 bits per heavy atom. The smallest absolute Gasteiger partial charge is 0.128 e. The Balaban J connectivity index is 1.59. The molecule has 1 fully saturated rings. The van der Waals surface area contributed by atoms with E-state index in [-0.39, 0.29) is 5.82 Å². The molecule has 0 unspecified atom stereocenters. The highest BCUT2D eigenvalue weighted by Crippen LogP contribution is 2.37. The molecule has 2 aromatic carbocycles. The molecule has 3 aromatic rings. The molecule has 29 heavy (non-hydrogen) atoms. The number of likely N-dealkylation sites (tertiary alicyclic amines) is 1. The van der Waals surface area contributed by atoms with Crippen LogP contribution in [0, 0.1) is 5.82 Å². The van der Waals surface area contributed by atoms with Crippen LogP contribution in [0.15, 0.2) is 53.1 Å². The number of ether oxygens (including phenoxy) is 1. The summed E-state index contributed by atoms with van der Waals surface area (Å²) < 4.78 is 22.4. The van der Waals surface area contributed by atoms with Gasteiger partial charge in [-0.05, 0) is 78.3 Å². The first-order valence-electron chi connectivity index (χ1n) is 9.80. The van der Waals surface area contributed by atoms with Gasteiger partial charge in [-0.2, -0.15) is 5.10 Å². The van der Waals surface area contributed by atoms with Gasteiger partial charge in [0.25, 0.3) is 0 Å². The van der Waals surface area contributed by atoms with Crippen LogP contribution in [-0.2, 0) is 7.05 Å². The Labute approximate surface area is 178 Å². The third-order valence-electron chi connectivity index (χ3n) is 5.11. The summed E-state index contributed by atoms with van der Waals surface area (Å²) in [6.07, 6.45) is 4.32. The summed E-state index contributed by atoms with van der Waals surface area (Å²) in [5.41, 5.74) is 3.41. The molecule has 0 aliphatic carbocycles. The monoisotopic (exact) mass is 458 g/mol. The van der Waals surface area contributed by atoms with E-state index < -0.39 is 0 Å². The van der Waals surface area contributed by atoms with Gasteiger partial charge in [0.2, 0.25) is 0 Å². The Morgan fingerprint density at radius 1 is 1.14 bits per heavy atom. The first-order chi connectivity index (χ1) is 14.1. The standard InChI is InChI=1S/C22H24BrFN4O/c1-27-22(20(23)15-25-27)19-14-18(26-17-6-4-5-16(24)13-17)7-8-21(19)29-12-11-28-9-2-3-10-28/h4-8,13-15,26H,2-3,9-12H2,1H3. The lowest BCUT2D eigenvalue weighted by atomic mass is 10.1. The van der Waals surface area contributed by atoms with Crippen LogP contribution in [0.25, 0.3) is 11.3 Å². The van der Waals surface area contributed by atoms with Crippen LogP contribution in [0.3, 0.4) is 0 Å². The average Bonchev–Trinajstić information content (AvgIpc) is 3.33. The topological polar surface area (TPSA) is 42.3 Å². The van der Waals surface area contributed by atoms with Crippen molar-refractivity contribution in [2.45, 2.75) is 12.8 Å². The minimum atomic E-state index is -0.272. The molecule has 4 rings (SSSR count). The van der Waals surface area contributed by atoms with Gasteiger partial charge in [-0.15, -0.1) is 0 Å². The van der Waals surface area contributed by atoms with E-state index in [1.54, 1.807) is 12.3 Å². The fraction of sp³-hybridized carbons (Fsp3) is 0.318. The molecule has 0 radical (unpaired) electrons. The van der Waals surface area contributed by atoms with Crippen molar-refractivity contribution in [3.63, 3.8) is 0 Å². The van der Waals surface area contributed by atoms with E-state index in [9.17, 15) is 4.39 Å². The van der Waals surface area contributed by atoms with Crippen molar-refractivity contribution >= 4 is 27.3 Å². The van der Waals surface area contributed by atoms with E-state index >= 15 is 0 Å². The minimum absolute atomic E-state index is 0.272. The second kappa shape index (κ2) is 8.97. The highest BCUT2D eigenvalue weighted by Gasteiger charge is 2.17. The van der Waals surface area contributed by atoms with Gasteiger partial charge < -0.3 is 10.1 Å². The van der Waals surface area contributed by atoms with Crippen LogP contribution in [0.1, 0.15) is 12.8 Å². The molecule has 5 nitrogen and oxygen atoms in total. The summed E-state index contributed by atoms with van der Waals surface area (Å²) in [7, 11) is 1.90. The summed E-state index contributed by atoms with van der Waals surface area (Å²) in [6, 6.07) is 12.3. The highest BCUT2D eigenvalue weighted by atomic mass is 79.9. The Morgan fingerprint density at radius 2 is 1.93 bits per heavy atom. The van der Waals surface area contributed by atoms with Crippen LogP contribution in [-0.4, -0.2) is 40.9 Å². The zero-order chi connectivity index (χ0) is 20.2. The van der Waals surface area contributed by atoms with Gasteiger partial charge in [-0.25, -0.2) is 4.39 Å². The number of nitrogens with zero attached hydrogens (tertiary/aromatic N) is 3. The number of rotatable bonds is 7. The molecule has 0 bridgehead atoms. The lowest BCUT2D eigenvalue weighted by molar-refractivity contribution is 0.238. The van der Waals surface area contributed by atoms with Gasteiger partial charge in [-0.3, -0.25) is 9.58 Å². The summed E-state index contributed by atoms with van der Waals surface area (Å²) >= 11 is 3.59. The van der Waals surface area contributed by atoms with Crippen molar-refractivity contribution < 1.29 is 9.13 Å². The largest absolute Gasteiger partial charge is 0.492 e. The highest BCUT2D eigenvalue weighted by molar-refractivity contribution is 9.10. The van der Waals surface area contributed by atoms with Crippen LogP contribution in [0.2, 0.25) is 0 Å². The maximum absolute atomic E-state index is 13.5. The average molecular weight is 459 g/mol. The summed E-state index contributed by atoms with van der Waals surface area (Å²) in [5.74, 6) is 0.532. The van der Waals surface area contributed by atoms with E-state index in [1.165, 1.54) is 25.0 Å². The predicted molar refractivity (Wildman–Crippen MR) is 117 cm³/mol. The SMILES string of the molecule is Cn1ncc(Br)c1-c1cc(Nc2cccc(F)c2)ccc1OCCN1CCCC1. The quantitative estimate of drug-likeness (QED) is 0.527. The second-order valence-electron chi connectivity index (χ2n) is 7.21. The number of benzene rings is 2. The van der Waals surface area contributed by atoms with E-state index in [0.717, 1.165) is 46.8 Å². The molecule has 1 N–H and O–H groups in total. The molecule has 1 aliphatic rings. The van der Waals surface area contributed by atoms with Gasteiger partial charge in [0.15, 0.2) is 0 Å². The fourth-order valence-corrected chi connectivity index (χ4v) is 4.22. The third-order valence-corrected chi connectivity index (χ3v) is 5.69. The summed E-state index contributed by atoms with van der Waals surface area (Å²) in [4.78, 5) is 2.43. The van der Waals surface area contributed by atoms with Gasteiger partial charge in [0.1, 0.15) is 18.2 Å². The number of hydrogen-bond acceptors (Lipinski definition) is 4. The van der Waals surface area contributed by atoms with Crippen LogP contribution >= 0.6 is 15.9 Å². The number of hydrogen-bond donors (Lipinski definition) is 1. The normalized spacial score (nSPS) is 14.3. The number of aromatic nitrogens is 2. The molecule has 2 heterocycles. The Kier molecular flexibility index (Phi) is 6.16. The molecular formula is C22H24BrFN4O. The minimum Gasteiger partial charge on any atom is -0.492 e. The van der Waals surface area contributed by atoms with Crippen molar-refractivity contribution in [1.29, 1.82) is 0 Å². The van der Waals surface area contributed by atoms with Crippen molar-refractivity contribution in [3.8, 4) is 17.0 Å². The summed E-state index contributed by atoms with van der Waals surface area (Å²) in [5, 5.41) is 7.60. The molecule has 1 aromatic heterocycles. The lowest BCUT2D eigenvalue weighted by Gasteiger charge is -2.18. The second-order valence-corrected chi connectivity index (χ2v) is 8.06. The van der Waals surface area contributed by atoms with Gasteiger partial charge in [0.05, 0.1) is 16.4 Å². The summed E-state index contributed by atoms with van der Waals surface area (Å²) in [6.45, 7) is 3.87.